The SMILES string of the molecule is Fc1cc(F)c(CNC2CCC(C(F)(F)F)CC2)cc1F. The van der Waals surface area contributed by atoms with Crippen LogP contribution in [0.4, 0.5) is 26.3 Å². The molecule has 1 saturated carbocycles. The van der Waals surface area contributed by atoms with Gasteiger partial charge < -0.3 is 5.32 Å². The van der Waals surface area contributed by atoms with Crippen LogP contribution in [-0.2, 0) is 6.54 Å². The zero-order chi connectivity index (χ0) is 15.6. The molecule has 1 N–H and O–H groups in total. The van der Waals surface area contributed by atoms with Crippen LogP contribution >= 0.6 is 0 Å². The summed E-state index contributed by atoms with van der Waals surface area (Å²) in [6, 6.07) is 1.06. The number of alkyl halides is 3. The van der Waals surface area contributed by atoms with Gasteiger partial charge in [-0.2, -0.15) is 13.2 Å². The first-order valence-electron chi connectivity index (χ1n) is 6.71. The fourth-order valence-corrected chi connectivity index (χ4v) is 2.58. The summed E-state index contributed by atoms with van der Waals surface area (Å²) in [7, 11) is 0. The van der Waals surface area contributed by atoms with Gasteiger partial charge in [0.1, 0.15) is 5.82 Å². The quantitative estimate of drug-likeness (QED) is 0.648. The van der Waals surface area contributed by atoms with Crippen LogP contribution in [0.1, 0.15) is 31.2 Å². The van der Waals surface area contributed by atoms with E-state index < -0.39 is 29.5 Å². The Morgan fingerprint density at radius 1 is 0.905 bits per heavy atom. The van der Waals surface area contributed by atoms with Gasteiger partial charge in [0.2, 0.25) is 0 Å². The molecule has 0 aliphatic heterocycles. The van der Waals surface area contributed by atoms with Crippen LogP contribution < -0.4 is 5.32 Å². The molecule has 1 aromatic rings. The molecule has 0 spiro atoms. The molecule has 1 fully saturated rings. The minimum Gasteiger partial charge on any atom is -0.310 e. The van der Waals surface area contributed by atoms with E-state index in [9.17, 15) is 26.3 Å². The van der Waals surface area contributed by atoms with Crippen molar-refractivity contribution in [2.24, 2.45) is 5.92 Å². The summed E-state index contributed by atoms with van der Waals surface area (Å²) in [6.07, 6.45) is -3.45. The van der Waals surface area contributed by atoms with Crippen molar-refractivity contribution in [1.82, 2.24) is 5.32 Å². The Hall–Kier alpha value is -1.24. The third-order valence-corrected chi connectivity index (χ3v) is 3.86. The predicted octanol–water partition coefficient (Wildman–Crippen LogP) is 4.31. The lowest BCUT2D eigenvalue weighted by molar-refractivity contribution is -0.182. The van der Waals surface area contributed by atoms with Crippen molar-refractivity contribution in [2.45, 2.75) is 44.4 Å². The number of hydrogen-bond acceptors (Lipinski definition) is 1. The van der Waals surface area contributed by atoms with Crippen LogP contribution in [0.5, 0.6) is 0 Å². The Labute approximate surface area is 118 Å². The molecule has 0 bridgehead atoms. The van der Waals surface area contributed by atoms with Gasteiger partial charge in [-0.15, -0.1) is 0 Å². The van der Waals surface area contributed by atoms with Crippen LogP contribution in [0.2, 0.25) is 0 Å². The fourth-order valence-electron chi connectivity index (χ4n) is 2.58. The van der Waals surface area contributed by atoms with Crippen molar-refractivity contribution in [3.05, 3.63) is 35.1 Å². The molecule has 1 aromatic carbocycles. The summed E-state index contributed by atoms with van der Waals surface area (Å²) in [5.41, 5.74) is -0.0353. The lowest BCUT2D eigenvalue weighted by Crippen LogP contribution is -2.36. The van der Waals surface area contributed by atoms with E-state index in [-0.39, 0.29) is 31.0 Å². The molecule has 7 heteroatoms. The van der Waals surface area contributed by atoms with Crippen LogP contribution in [0.3, 0.4) is 0 Å². The second-order valence-corrected chi connectivity index (χ2v) is 5.33. The minimum absolute atomic E-state index is 0.0292. The number of halogens is 6. The van der Waals surface area contributed by atoms with Gasteiger partial charge in [0, 0.05) is 24.2 Å². The average Bonchev–Trinajstić information content (AvgIpc) is 2.41. The van der Waals surface area contributed by atoms with Crippen molar-refractivity contribution < 1.29 is 26.3 Å². The first-order valence-corrected chi connectivity index (χ1v) is 6.71. The predicted molar refractivity (Wildman–Crippen MR) is 65.0 cm³/mol. The molecule has 0 radical (unpaired) electrons. The second-order valence-electron chi connectivity index (χ2n) is 5.33. The number of rotatable bonds is 3. The van der Waals surface area contributed by atoms with Crippen LogP contribution in [-0.4, -0.2) is 12.2 Å². The Balaban J connectivity index is 1.87. The van der Waals surface area contributed by atoms with Crippen molar-refractivity contribution >= 4 is 0 Å². The van der Waals surface area contributed by atoms with Gasteiger partial charge in [-0.1, -0.05) is 0 Å². The van der Waals surface area contributed by atoms with Crippen LogP contribution in [0, 0.1) is 23.4 Å². The van der Waals surface area contributed by atoms with Gasteiger partial charge in [0.05, 0.1) is 5.92 Å². The van der Waals surface area contributed by atoms with E-state index in [0.29, 0.717) is 18.9 Å². The Morgan fingerprint density at radius 2 is 1.48 bits per heavy atom. The maximum Gasteiger partial charge on any atom is 0.391 e. The zero-order valence-electron chi connectivity index (χ0n) is 11.1. The normalized spacial score (nSPS) is 23.3. The first kappa shape index (κ1) is 16.1. The highest BCUT2D eigenvalue weighted by molar-refractivity contribution is 5.20. The molecule has 118 valence electrons. The summed E-state index contributed by atoms with van der Waals surface area (Å²) in [5, 5.41) is 2.90. The lowest BCUT2D eigenvalue weighted by atomic mass is 9.85. The smallest absolute Gasteiger partial charge is 0.310 e. The molecule has 1 nitrogen and oxygen atoms in total. The van der Waals surface area contributed by atoms with Crippen LogP contribution in [0.15, 0.2) is 12.1 Å². The summed E-state index contributed by atoms with van der Waals surface area (Å²) in [4.78, 5) is 0. The van der Waals surface area contributed by atoms with Gasteiger partial charge in [0.15, 0.2) is 11.6 Å². The van der Waals surface area contributed by atoms with E-state index in [0.717, 1.165) is 6.07 Å². The van der Waals surface area contributed by atoms with Crippen LogP contribution in [0.25, 0.3) is 0 Å². The van der Waals surface area contributed by atoms with Gasteiger partial charge in [-0.05, 0) is 31.7 Å². The molecular weight excluding hydrogens is 296 g/mol. The molecule has 1 aliphatic carbocycles. The Kier molecular flexibility index (Phi) is 4.81. The summed E-state index contributed by atoms with van der Waals surface area (Å²) < 4.78 is 76.7. The van der Waals surface area contributed by atoms with E-state index >= 15 is 0 Å². The maximum atomic E-state index is 13.4. The van der Waals surface area contributed by atoms with Gasteiger partial charge >= 0.3 is 6.18 Å². The second kappa shape index (κ2) is 6.25. The average molecular weight is 311 g/mol. The van der Waals surface area contributed by atoms with E-state index in [1.807, 2.05) is 0 Å². The summed E-state index contributed by atoms with van der Waals surface area (Å²) >= 11 is 0. The van der Waals surface area contributed by atoms with Crippen molar-refractivity contribution in [2.75, 3.05) is 0 Å². The molecule has 0 atom stereocenters. The maximum absolute atomic E-state index is 13.4. The molecule has 21 heavy (non-hydrogen) atoms. The molecule has 1 aliphatic rings. The van der Waals surface area contributed by atoms with Crippen molar-refractivity contribution in [3.8, 4) is 0 Å². The third kappa shape index (κ3) is 4.12. The number of benzene rings is 1. The van der Waals surface area contributed by atoms with Gasteiger partial charge in [-0.3, -0.25) is 0 Å². The topological polar surface area (TPSA) is 12.0 Å². The highest BCUT2D eigenvalue weighted by atomic mass is 19.4. The molecule has 0 aromatic heterocycles. The van der Waals surface area contributed by atoms with E-state index in [2.05, 4.69) is 5.32 Å². The highest BCUT2D eigenvalue weighted by Gasteiger charge is 2.41. The lowest BCUT2D eigenvalue weighted by Gasteiger charge is -2.30. The highest BCUT2D eigenvalue weighted by Crippen LogP contribution is 2.37. The number of hydrogen-bond donors (Lipinski definition) is 1. The summed E-state index contributed by atoms with van der Waals surface area (Å²) in [5.74, 6) is -4.56. The van der Waals surface area contributed by atoms with Crippen molar-refractivity contribution in [1.29, 1.82) is 0 Å². The number of nitrogens with one attached hydrogen (secondary N) is 1. The Bertz CT molecular complexity index is 491. The molecule has 0 unspecified atom stereocenters. The minimum atomic E-state index is -4.17. The van der Waals surface area contributed by atoms with Gasteiger partial charge in [0.25, 0.3) is 0 Å². The largest absolute Gasteiger partial charge is 0.391 e. The monoisotopic (exact) mass is 311 g/mol. The van der Waals surface area contributed by atoms with E-state index in [4.69, 9.17) is 0 Å². The molecule has 0 saturated heterocycles. The van der Waals surface area contributed by atoms with Gasteiger partial charge in [-0.25, -0.2) is 13.2 Å². The molecule has 2 rings (SSSR count). The van der Waals surface area contributed by atoms with E-state index in [1.165, 1.54) is 0 Å². The van der Waals surface area contributed by atoms with E-state index in [1.54, 1.807) is 0 Å². The summed E-state index contributed by atoms with van der Waals surface area (Å²) in [6.45, 7) is -0.0373. The third-order valence-electron chi connectivity index (χ3n) is 3.86. The Morgan fingerprint density at radius 3 is 2.05 bits per heavy atom. The first-order chi connectivity index (χ1) is 9.77. The zero-order valence-corrected chi connectivity index (χ0v) is 11.1. The molecular formula is C14H15F6N. The fraction of sp³-hybridized carbons (Fsp3) is 0.571. The standard InChI is InChI=1S/C14H15F6N/c15-11-6-13(17)12(16)5-8(11)7-21-10-3-1-9(2-4-10)14(18,19)20/h5-6,9-10,21H,1-4,7H2. The molecule has 0 heterocycles. The van der Waals surface area contributed by atoms with Crippen molar-refractivity contribution in [3.63, 3.8) is 0 Å². The molecule has 0 amide bonds.